The van der Waals surface area contributed by atoms with Gasteiger partial charge in [0, 0.05) is 0 Å². The maximum absolute atomic E-state index is 6.26. The van der Waals surface area contributed by atoms with E-state index in [1.807, 2.05) is 0 Å². The first-order valence-corrected chi connectivity index (χ1v) is 7.94. The van der Waals surface area contributed by atoms with E-state index in [2.05, 4.69) is 57.2 Å². The molecule has 0 N–H and O–H groups in total. The Hall–Kier alpha value is -1.08. The molecule has 1 nitrogen and oxygen atoms in total. The smallest absolute Gasteiger partial charge is 0.0720 e. The van der Waals surface area contributed by atoms with Crippen LogP contribution in [0.5, 0.6) is 0 Å². The van der Waals surface area contributed by atoms with Crippen molar-refractivity contribution in [2.75, 3.05) is 0 Å². The van der Waals surface area contributed by atoms with Crippen molar-refractivity contribution in [3.05, 3.63) is 47.5 Å². The zero-order valence-electron chi connectivity index (χ0n) is 13.1. The van der Waals surface area contributed by atoms with Gasteiger partial charge in [0.1, 0.15) is 0 Å². The van der Waals surface area contributed by atoms with Crippen LogP contribution in [-0.2, 0) is 11.3 Å². The summed E-state index contributed by atoms with van der Waals surface area (Å²) in [6, 6.07) is 10.5. The summed E-state index contributed by atoms with van der Waals surface area (Å²) in [5.41, 5.74) is 2.71. The number of rotatable bonds is 5. The second kappa shape index (κ2) is 7.64. The standard InChI is InChI=1S/C19H28O/c1-15(2)9-11-18-12-10-16(3)13-19(18)20-14-17-7-5-4-6-8-17/h4-9,16,18-19H,10-14H2,1-3H3/t16-,18-,19?/m1/s1. The predicted octanol–water partition coefficient (Wildman–Crippen LogP) is 5.36. The highest BCUT2D eigenvalue weighted by atomic mass is 16.5. The van der Waals surface area contributed by atoms with Gasteiger partial charge in [-0.3, -0.25) is 0 Å². The first kappa shape index (κ1) is 15.3. The largest absolute Gasteiger partial charge is 0.373 e. The van der Waals surface area contributed by atoms with Crippen LogP contribution in [0.3, 0.4) is 0 Å². The van der Waals surface area contributed by atoms with E-state index in [1.54, 1.807) is 0 Å². The summed E-state index contributed by atoms with van der Waals surface area (Å²) in [6.07, 6.45) is 7.86. The molecule has 0 amide bonds. The molecule has 2 rings (SSSR count). The fourth-order valence-electron chi connectivity index (χ4n) is 3.03. The van der Waals surface area contributed by atoms with Crippen LogP contribution < -0.4 is 0 Å². The van der Waals surface area contributed by atoms with Gasteiger partial charge < -0.3 is 4.74 Å². The van der Waals surface area contributed by atoms with Gasteiger partial charge in [-0.05, 0) is 50.5 Å². The van der Waals surface area contributed by atoms with Crippen LogP contribution in [-0.4, -0.2) is 6.10 Å². The van der Waals surface area contributed by atoms with Crippen molar-refractivity contribution in [2.24, 2.45) is 11.8 Å². The van der Waals surface area contributed by atoms with Gasteiger partial charge in [-0.2, -0.15) is 0 Å². The third-order valence-corrected chi connectivity index (χ3v) is 4.33. The average Bonchev–Trinajstić information content (AvgIpc) is 2.45. The Morgan fingerprint density at radius 1 is 1.20 bits per heavy atom. The van der Waals surface area contributed by atoms with Crippen molar-refractivity contribution in [1.29, 1.82) is 0 Å². The quantitative estimate of drug-likeness (QED) is 0.655. The van der Waals surface area contributed by atoms with Gasteiger partial charge in [0.25, 0.3) is 0 Å². The van der Waals surface area contributed by atoms with Crippen molar-refractivity contribution < 1.29 is 4.74 Å². The fourth-order valence-corrected chi connectivity index (χ4v) is 3.03. The number of benzene rings is 1. The van der Waals surface area contributed by atoms with Gasteiger partial charge in [-0.25, -0.2) is 0 Å². The Bertz CT molecular complexity index is 417. The zero-order valence-corrected chi connectivity index (χ0v) is 13.1. The Labute approximate surface area is 124 Å². The third kappa shape index (κ3) is 4.79. The van der Waals surface area contributed by atoms with Crippen molar-refractivity contribution in [3.8, 4) is 0 Å². The first-order chi connectivity index (χ1) is 9.65. The second-order valence-electron chi connectivity index (χ2n) is 6.53. The van der Waals surface area contributed by atoms with E-state index in [4.69, 9.17) is 4.74 Å². The highest BCUT2D eigenvalue weighted by Crippen LogP contribution is 2.33. The molecule has 1 aromatic rings. The molecule has 1 aliphatic rings. The van der Waals surface area contributed by atoms with Crippen LogP contribution in [0.2, 0.25) is 0 Å². The van der Waals surface area contributed by atoms with Gasteiger partial charge >= 0.3 is 0 Å². The molecule has 1 unspecified atom stereocenters. The lowest BCUT2D eigenvalue weighted by Crippen LogP contribution is -2.30. The molecule has 0 bridgehead atoms. The van der Waals surface area contributed by atoms with E-state index in [1.165, 1.54) is 36.8 Å². The highest BCUT2D eigenvalue weighted by Gasteiger charge is 2.28. The molecule has 1 saturated carbocycles. The molecule has 0 aromatic heterocycles. The van der Waals surface area contributed by atoms with Gasteiger partial charge in [-0.1, -0.05) is 55.3 Å². The van der Waals surface area contributed by atoms with E-state index in [9.17, 15) is 0 Å². The molecular weight excluding hydrogens is 244 g/mol. The molecule has 0 aliphatic heterocycles. The molecule has 20 heavy (non-hydrogen) atoms. The Morgan fingerprint density at radius 2 is 1.95 bits per heavy atom. The maximum atomic E-state index is 6.26. The van der Waals surface area contributed by atoms with E-state index >= 15 is 0 Å². The van der Waals surface area contributed by atoms with Crippen LogP contribution in [0.4, 0.5) is 0 Å². The minimum absolute atomic E-state index is 0.426. The summed E-state index contributed by atoms with van der Waals surface area (Å²) in [7, 11) is 0. The van der Waals surface area contributed by atoms with Crippen LogP contribution in [0.1, 0.15) is 52.0 Å². The summed E-state index contributed by atoms with van der Waals surface area (Å²) in [4.78, 5) is 0. The predicted molar refractivity (Wildman–Crippen MR) is 85.6 cm³/mol. The van der Waals surface area contributed by atoms with E-state index < -0.39 is 0 Å². The Morgan fingerprint density at radius 3 is 2.65 bits per heavy atom. The first-order valence-electron chi connectivity index (χ1n) is 7.94. The van der Waals surface area contributed by atoms with Gasteiger partial charge in [0.15, 0.2) is 0 Å². The second-order valence-corrected chi connectivity index (χ2v) is 6.53. The maximum Gasteiger partial charge on any atom is 0.0720 e. The van der Waals surface area contributed by atoms with Crippen molar-refractivity contribution in [2.45, 2.75) is 59.2 Å². The van der Waals surface area contributed by atoms with Gasteiger partial charge in [0.2, 0.25) is 0 Å². The lowest BCUT2D eigenvalue weighted by atomic mass is 9.79. The summed E-state index contributed by atoms with van der Waals surface area (Å²) in [5, 5.41) is 0. The van der Waals surface area contributed by atoms with Gasteiger partial charge in [0.05, 0.1) is 12.7 Å². The summed E-state index contributed by atoms with van der Waals surface area (Å²) in [5.74, 6) is 1.50. The molecule has 0 radical (unpaired) electrons. The van der Waals surface area contributed by atoms with E-state index in [0.717, 1.165) is 12.5 Å². The summed E-state index contributed by atoms with van der Waals surface area (Å²) >= 11 is 0. The Balaban J connectivity index is 1.92. The zero-order chi connectivity index (χ0) is 14.4. The van der Waals surface area contributed by atoms with Crippen molar-refractivity contribution in [3.63, 3.8) is 0 Å². The highest BCUT2D eigenvalue weighted by molar-refractivity contribution is 5.13. The molecule has 110 valence electrons. The SMILES string of the molecule is CC(C)=CC[C@@H]1CC[C@@H](C)CC1OCc1ccccc1. The number of hydrogen-bond donors (Lipinski definition) is 0. The molecule has 0 spiro atoms. The van der Waals surface area contributed by atoms with Crippen molar-refractivity contribution >= 4 is 0 Å². The molecule has 0 saturated heterocycles. The summed E-state index contributed by atoms with van der Waals surface area (Å²) in [6.45, 7) is 7.48. The normalized spacial score (nSPS) is 26.2. The minimum Gasteiger partial charge on any atom is -0.373 e. The van der Waals surface area contributed by atoms with Crippen molar-refractivity contribution in [1.82, 2.24) is 0 Å². The monoisotopic (exact) mass is 272 g/mol. The molecule has 0 heterocycles. The van der Waals surface area contributed by atoms with Crippen LogP contribution in [0, 0.1) is 11.8 Å². The van der Waals surface area contributed by atoms with Crippen LogP contribution in [0.25, 0.3) is 0 Å². The molecule has 1 aromatic carbocycles. The average molecular weight is 272 g/mol. The molecule has 1 fully saturated rings. The topological polar surface area (TPSA) is 9.23 Å². The van der Waals surface area contributed by atoms with Crippen LogP contribution in [0.15, 0.2) is 42.0 Å². The number of hydrogen-bond acceptors (Lipinski definition) is 1. The van der Waals surface area contributed by atoms with Gasteiger partial charge in [-0.15, -0.1) is 0 Å². The summed E-state index contributed by atoms with van der Waals surface area (Å²) < 4.78 is 6.26. The third-order valence-electron chi connectivity index (χ3n) is 4.33. The Kier molecular flexibility index (Phi) is 5.85. The molecular formula is C19H28O. The number of allylic oxidation sites excluding steroid dienone is 2. The minimum atomic E-state index is 0.426. The lowest BCUT2D eigenvalue weighted by molar-refractivity contribution is -0.0325. The lowest BCUT2D eigenvalue weighted by Gasteiger charge is -2.34. The van der Waals surface area contributed by atoms with E-state index in [0.29, 0.717) is 12.0 Å². The van der Waals surface area contributed by atoms with Crippen LogP contribution >= 0.6 is 0 Å². The fraction of sp³-hybridized carbons (Fsp3) is 0.579. The molecule has 3 atom stereocenters. The number of ether oxygens (including phenoxy) is 1. The van der Waals surface area contributed by atoms with E-state index in [-0.39, 0.29) is 0 Å². The molecule has 1 heteroatoms. The molecule has 1 aliphatic carbocycles.